The first-order valence-corrected chi connectivity index (χ1v) is 4.13. The van der Waals surface area contributed by atoms with Crippen molar-refractivity contribution in [3.63, 3.8) is 0 Å². The fraction of sp³-hybridized carbons (Fsp3) is 0.200. The zero-order chi connectivity index (χ0) is 12.9. The van der Waals surface area contributed by atoms with E-state index in [0.29, 0.717) is 0 Å². The van der Waals surface area contributed by atoms with Crippen LogP contribution >= 0.6 is 0 Å². The molecule has 6 nitrogen and oxygen atoms in total. The summed E-state index contributed by atoms with van der Waals surface area (Å²) in [5.41, 5.74) is 0.0103. The van der Waals surface area contributed by atoms with E-state index in [1.54, 1.807) is 0 Å². The maximum absolute atomic E-state index is 10.9. The van der Waals surface area contributed by atoms with Crippen molar-refractivity contribution in [2.45, 2.75) is 13.8 Å². The van der Waals surface area contributed by atoms with Gasteiger partial charge in [0.1, 0.15) is 0 Å². The van der Waals surface area contributed by atoms with Crippen LogP contribution < -0.4 is 0 Å². The largest absolute Gasteiger partial charge is 0.475 e. The van der Waals surface area contributed by atoms with Crippen molar-refractivity contribution < 1.29 is 29.3 Å². The lowest BCUT2D eigenvalue weighted by molar-refractivity contribution is -0.146. The van der Waals surface area contributed by atoms with E-state index in [1.165, 1.54) is 13.8 Å². The number of rotatable bonds is 4. The maximum atomic E-state index is 10.9. The van der Waals surface area contributed by atoms with E-state index in [1.807, 2.05) is 0 Å². The molecular weight excluding hydrogens is 216 g/mol. The summed E-state index contributed by atoms with van der Waals surface area (Å²) >= 11 is 0. The minimum atomic E-state index is -1.22. The van der Waals surface area contributed by atoms with Gasteiger partial charge in [0.2, 0.25) is 0 Å². The lowest BCUT2D eigenvalue weighted by Gasteiger charge is -2.05. The average Bonchev–Trinajstić information content (AvgIpc) is 2.16. The van der Waals surface area contributed by atoms with E-state index in [2.05, 4.69) is 22.6 Å². The van der Waals surface area contributed by atoms with Gasteiger partial charge in [-0.05, 0) is 13.8 Å². The summed E-state index contributed by atoms with van der Waals surface area (Å²) in [6.45, 7) is 9.17. The summed E-state index contributed by atoms with van der Waals surface area (Å²) in [6.07, 6.45) is 0. The fourth-order valence-corrected chi connectivity index (χ4v) is 0.437. The smallest absolute Gasteiger partial charge is 0.370 e. The van der Waals surface area contributed by atoms with Gasteiger partial charge >= 0.3 is 23.8 Å². The minimum absolute atomic E-state index is 0.00516. The normalized spacial score (nSPS) is 11.1. The van der Waals surface area contributed by atoms with Crippen LogP contribution in [0, 0.1) is 0 Å². The van der Waals surface area contributed by atoms with Crippen LogP contribution in [-0.2, 0) is 19.1 Å². The molecule has 0 rings (SSSR count). The maximum Gasteiger partial charge on any atom is 0.370 e. The van der Waals surface area contributed by atoms with Gasteiger partial charge in [-0.1, -0.05) is 13.2 Å². The fourth-order valence-electron chi connectivity index (χ4n) is 0.437. The van der Waals surface area contributed by atoms with Gasteiger partial charge < -0.3 is 19.7 Å². The number of hydrogen-bond donors (Lipinski definition) is 2. The second kappa shape index (κ2) is 5.59. The molecule has 0 spiro atoms. The van der Waals surface area contributed by atoms with Crippen LogP contribution in [-0.4, -0.2) is 22.2 Å². The number of aliphatic hydroxyl groups is 2. The van der Waals surface area contributed by atoms with Crippen LogP contribution in [0.3, 0.4) is 0 Å². The zero-order valence-corrected chi connectivity index (χ0v) is 8.94. The molecule has 0 bridgehead atoms. The molecule has 0 fully saturated rings. The van der Waals surface area contributed by atoms with Crippen molar-refractivity contribution in [3.8, 4) is 0 Å². The first kappa shape index (κ1) is 13.8. The number of carbonyl (C=O) groups excluding carboxylic acids is 2. The highest BCUT2D eigenvalue weighted by Crippen LogP contribution is 2.07. The topological polar surface area (TPSA) is 93.1 Å². The minimum Gasteiger partial charge on any atom is -0.475 e. The van der Waals surface area contributed by atoms with Crippen molar-refractivity contribution in [2.24, 2.45) is 0 Å². The van der Waals surface area contributed by atoms with Crippen molar-refractivity contribution in [1.29, 1.82) is 0 Å². The Morgan fingerprint density at radius 3 is 1.31 bits per heavy atom. The molecule has 0 unspecified atom stereocenters. The van der Waals surface area contributed by atoms with Crippen LogP contribution in [0.1, 0.15) is 13.8 Å². The Morgan fingerprint density at radius 1 is 0.875 bits per heavy atom. The number of aliphatic hydroxyl groups excluding tert-OH is 2. The van der Waals surface area contributed by atoms with E-state index in [-0.39, 0.29) is 11.1 Å². The number of esters is 2. The van der Waals surface area contributed by atoms with Gasteiger partial charge in [-0.2, -0.15) is 0 Å². The third kappa shape index (κ3) is 4.32. The molecule has 6 heteroatoms. The third-order valence-electron chi connectivity index (χ3n) is 1.26. The Labute approximate surface area is 92.1 Å². The Morgan fingerprint density at radius 2 is 1.12 bits per heavy atom. The molecule has 0 amide bonds. The molecule has 88 valence electrons. The van der Waals surface area contributed by atoms with Gasteiger partial charge in [0.15, 0.2) is 0 Å². The number of ether oxygens (including phenoxy) is 2. The summed E-state index contributed by atoms with van der Waals surface area (Å²) in [6, 6.07) is 0. The van der Waals surface area contributed by atoms with Crippen LogP contribution in [0.4, 0.5) is 0 Å². The summed E-state index contributed by atoms with van der Waals surface area (Å²) in [4.78, 5) is 21.8. The zero-order valence-electron chi connectivity index (χ0n) is 8.94. The van der Waals surface area contributed by atoms with Gasteiger partial charge in [0.05, 0.1) is 0 Å². The van der Waals surface area contributed by atoms with Crippen LogP contribution in [0.15, 0.2) is 36.2 Å². The monoisotopic (exact) mass is 228 g/mol. The molecule has 0 aromatic carbocycles. The van der Waals surface area contributed by atoms with Crippen molar-refractivity contribution in [2.75, 3.05) is 0 Å². The lowest BCUT2D eigenvalue weighted by Crippen LogP contribution is -2.11. The van der Waals surface area contributed by atoms with E-state index in [0.717, 1.165) is 0 Å². The van der Waals surface area contributed by atoms with E-state index < -0.39 is 23.8 Å². The van der Waals surface area contributed by atoms with Crippen LogP contribution in [0.5, 0.6) is 0 Å². The molecule has 0 saturated heterocycles. The third-order valence-corrected chi connectivity index (χ3v) is 1.26. The number of carbonyl (C=O) groups is 2. The molecule has 2 N–H and O–H groups in total. The molecular formula is C10H12O6. The van der Waals surface area contributed by atoms with Gasteiger partial charge in [-0.25, -0.2) is 9.59 Å². The predicted molar refractivity (Wildman–Crippen MR) is 54.1 cm³/mol. The highest BCUT2D eigenvalue weighted by Gasteiger charge is 2.16. The van der Waals surface area contributed by atoms with E-state index in [4.69, 9.17) is 10.2 Å². The second-order valence-corrected chi connectivity index (χ2v) is 2.95. The number of hydrogen-bond acceptors (Lipinski definition) is 6. The molecule has 0 saturated carbocycles. The molecule has 0 radical (unpaired) electrons. The summed E-state index contributed by atoms with van der Waals surface area (Å²) in [5, 5.41) is 18.0. The molecule has 0 aliphatic rings. The Balaban J connectivity index is 4.59. The van der Waals surface area contributed by atoms with Crippen molar-refractivity contribution >= 4 is 11.9 Å². The van der Waals surface area contributed by atoms with Gasteiger partial charge in [0.25, 0.3) is 0 Å². The molecule has 0 aliphatic carbocycles. The van der Waals surface area contributed by atoms with Crippen LogP contribution in [0.25, 0.3) is 0 Å². The molecule has 0 aromatic heterocycles. The Hall–Kier alpha value is -2.24. The summed E-state index contributed by atoms with van der Waals surface area (Å²) in [7, 11) is 0. The molecule has 0 aliphatic heterocycles. The van der Waals surface area contributed by atoms with Gasteiger partial charge in [-0.15, -0.1) is 0 Å². The van der Waals surface area contributed by atoms with Crippen LogP contribution in [0.2, 0.25) is 0 Å². The van der Waals surface area contributed by atoms with Gasteiger partial charge in [0, 0.05) is 11.1 Å². The molecule has 0 aromatic rings. The Kier molecular flexibility index (Phi) is 4.81. The van der Waals surface area contributed by atoms with E-state index >= 15 is 0 Å². The van der Waals surface area contributed by atoms with Crippen molar-refractivity contribution in [1.82, 2.24) is 0 Å². The predicted octanol–water partition coefficient (Wildman–Crippen LogP) is 1.47. The second-order valence-electron chi connectivity index (χ2n) is 2.95. The Bertz CT molecular complexity index is 341. The lowest BCUT2D eigenvalue weighted by atomic mass is 10.4. The summed E-state index contributed by atoms with van der Waals surface area (Å²) in [5.74, 6) is -4.36. The van der Waals surface area contributed by atoms with E-state index in [9.17, 15) is 9.59 Å². The highest BCUT2D eigenvalue weighted by molar-refractivity contribution is 5.88. The molecule has 0 atom stereocenters. The first-order chi connectivity index (χ1) is 7.25. The molecule has 16 heavy (non-hydrogen) atoms. The quantitative estimate of drug-likeness (QED) is 0.430. The van der Waals surface area contributed by atoms with Gasteiger partial charge in [-0.3, -0.25) is 0 Å². The standard InChI is InChI=1S/C10H12O6/c1-5(2)7(11)15-9(13)10(14)16-8(12)6(3)4/h13-14H,1,3H2,2,4H3. The summed E-state index contributed by atoms with van der Waals surface area (Å²) < 4.78 is 8.39. The highest BCUT2D eigenvalue weighted by atomic mass is 16.7. The SMILES string of the molecule is C=C(C)C(=O)OC(O)=C(O)OC(=O)C(=C)C. The first-order valence-electron chi connectivity index (χ1n) is 4.13. The molecule has 0 heterocycles. The van der Waals surface area contributed by atoms with Crippen molar-refractivity contribution in [3.05, 3.63) is 36.2 Å². The average molecular weight is 228 g/mol.